The molecular formula is C10H16N4O. The molecule has 0 aliphatic rings. The zero-order valence-electron chi connectivity index (χ0n) is 9.08. The van der Waals surface area contributed by atoms with Crippen LogP contribution in [0.1, 0.15) is 31.7 Å². The molecule has 0 aliphatic heterocycles. The smallest absolute Gasteiger partial charge is 0.312 e. The monoisotopic (exact) mass is 208 g/mol. The predicted octanol–water partition coefficient (Wildman–Crippen LogP) is 1.67. The number of hydrogen-bond donors (Lipinski definition) is 2. The average molecular weight is 208 g/mol. The van der Waals surface area contributed by atoms with Crippen molar-refractivity contribution in [2.45, 2.75) is 33.1 Å². The molecule has 0 fully saturated rings. The number of aromatic amines is 1. The number of aromatic nitrogens is 2. The highest BCUT2D eigenvalue weighted by Crippen LogP contribution is 2.05. The molecule has 5 heteroatoms. The summed E-state index contributed by atoms with van der Waals surface area (Å²) in [4.78, 5) is 17.2. The Morgan fingerprint density at radius 2 is 2.47 bits per heavy atom. The summed E-state index contributed by atoms with van der Waals surface area (Å²) in [5.41, 5.74) is 3.25. The molecule has 82 valence electrons. The van der Waals surface area contributed by atoms with Crippen LogP contribution in [0.5, 0.6) is 0 Å². The highest BCUT2D eigenvalue weighted by atomic mass is 16.1. The summed E-state index contributed by atoms with van der Waals surface area (Å²) in [6.07, 6.45) is 6.61. The quantitative estimate of drug-likeness (QED) is 0.439. The van der Waals surface area contributed by atoms with Crippen molar-refractivity contribution in [3.8, 4) is 0 Å². The van der Waals surface area contributed by atoms with Gasteiger partial charge in [-0.2, -0.15) is 10.1 Å². The first-order chi connectivity index (χ1) is 7.24. The van der Waals surface area contributed by atoms with E-state index in [9.17, 15) is 4.79 Å². The topological polar surface area (TPSA) is 70.1 Å². The second-order valence-corrected chi connectivity index (χ2v) is 3.30. The van der Waals surface area contributed by atoms with E-state index in [1.807, 2.05) is 6.92 Å². The van der Waals surface area contributed by atoms with E-state index < -0.39 is 0 Å². The summed E-state index contributed by atoms with van der Waals surface area (Å²) in [5.74, 6) is 0.506. The van der Waals surface area contributed by atoms with Crippen LogP contribution >= 0.6 is 0 Å². The first-order valence-corrected chi connectivity index (χ1v) is 5.08. The zero-order valence-corrected chi connectivity index (χ0v) is 9.08. The average Bonchev–Trinajstić information content (AvgIpc) is 2.23. The number of hydrazone groups is 1. The maximum Gasteiger partial charge on any atom is 0.346 e. The van der Waals surface area contributed by atoms with Crippen molar-refractivity contribution in [2.24, 2.45) is 5.10 Å². The molecule has 1 rings (SSSR count). The summed E-state index contributed by atoms with van der Waals surface area (Å²) in [5, 5.41) is 3.99. The molecule has 1 aromatic heterocycles. The lowest BCUT2D eigenvalue weighted by Crippen LogP contribution is -2.12. The molecule has 0 spiro atoms. The molecule has 0 aliphatic carbocycles. The van der Waals surface area contributed by atoms with E-state index in [0.717, 1.165) is 24.8 Å². The van der Waals surface area contributed by atoms with E-state index in [4.69, 9.17) is 0 Å². The third-order valence-corrected chi connectivity index (χ3v) is 1.95. The fourth-order valence-corrected chi connectivity index (χ4v) is 1.04. The van der Waals surface area contributed by atoms with Crippen LogP contribution in [-0.2, 0) is 0 Å². The van der Waals surface area contributed by atoms with Crippen molar-refractivity contribution in [1.29, 1.82) is 0 Å². The Kier molecular flexibility index (Phi) is 4.53. The molecule has 2 N–H and O–H groups in total. The van der Waals surface area contributed by atoms with Crippen molar-refractivity contribution >= 4 is 12.0 Å². The molecule has 5 nitrogen and oxygen atoms in total. The molecule has 0 unspecified atom stereocenters. The third-order valence-electron chi connectivity index (χ3n) is 1.95. The van der Waals surface area contributed by atoms with Gasteiger partial charge in [-0.3, -0.25) is 5.43 Å². The molecule has 0 amide bonds. The summed E-state index contributed by atoms with van der Waals surface area (Å²) in [6.45, 7) is 3.98. The van der Waals surface area contributed by atoms with Crippen LogP contribution in [0.4, 0.5) is 5.82 Å². The van der Waals surface area contributed by atoms with Crippen LogP contribution in [0.2, 0.25) is 0 Å². The molecule has 0 bridgehead atoms. The molecular weight excluding hydrogens is 192 g/mol. The van der Waals surface area contributed by atoms with Gasteiger partial charge in [0.15, 0.2) is 5.82 Å². The molecule has 0 saturated carbocycles. The van der Waals surface area contributed by atoms with Gasteiger partial charge in [0, 0.05) is 18.0 Å². The molecule has 0 saturated heterocycles. The maximum atomic E-state index is 10.9. The SMILES string of the molecule is CCCCC=NNc1nc(=O)[nH]cc1C. The van der Waals surface area contributed by atoms with E-state index in [0.29, 0.717) is 5.82 Å². The molecule has 0 aromatic carbocycles. The number of anilines is 1. The van der Waals surface area contributed by atoms with Crippen LogP contribution in [0.15, 0.2) is 16.1 Å². The van der Waals surface area contributed by atoms with Gasteiger partial charge in [0.1, 0.15) is 0 Å². The zero-order chi connectivity index (χ0) is 11.1. The van der Waals surface area contributed by atoms with Crippen molar-refractivity contribution < 1.29 is 0 Å². The summed E-state index contributed by atoms with van der Waals surface area (Å²) in [7, 11) is 0. The van der Waals surface area contributed by atoms with Gasteiger partial charge < -0.3 is 4.98 Å². The normalized spacial score (nSPS) is 10.8. The molecule has 1 aromatic rings. The number of nitrogens with one attached hydrogen (secondary N) is 2. The molecule has 0 atom stereocenters. The van der Waals surface area contributed by atoms with Crippen LogP contribution in [0.25, 0.3) is 0 Å². The van der Waals surface area contributed by atoms with Crippen molar-refractivity contribution in [3.63, 3.8) is 0 Å². The first-order valence-electron chi connectivity index (χ1n) is 5.08. The first kappa shape index (κ1) is 11.4. The third kappa shape index (κ3) is 3.93. The van der Waals surface area contributed by atoms with Gasteiger partial charge in [-0.25, -0.2) is 4.79 Å². The minimum Gasteiger partial charge on any atom is -0.312 e. The van der Waals surface area contributed by atoms with E-state index in [1.54, 1.807) is 12.4 Å². The number of H-pyrrole nitrogens is 1. The molecule has 1 heterocycles. The van der Waals surface area contributed by atoms with E-state index in [1.165, 1.54) is 0 Å². The Morgan fingerprint density at radius 1 is 1.67 bits per heavy atom. The lowest BCUT2D eigenvalue weighted by atomic mass is 10.3. The minimum absolute atomic E-state index is 0.369. The standard InChI is InChI=1S/C10H16N4O/c1-3-4-5-6-12-14-9-8(2)7-11-10(15)13-9/h6-7H,3-5H2,1-2H3,(H2,11,13,14,15). The number of unbranched alkanes of at least 4 members (excludes halogenated alkanes) is 2. The second kappa shape index (κ2) is 5.95. The maximum absolute atomic E-state index is 10.9. The van der Waals surface area contributed by atoms with Crippen molar-refractivity contribution in [3.05, 3.63) is 22.2 Å². The highest BCUT2D eigenvalue weighted by molar-refractivity contribution is 5.59. The summed E-state index contributed by atoms with van der Waals surface area (Å²) < 4.78 is 0. The van der Waals surface area contributed by atoms with Gasteiger partial charge in [-0.15, -0.1) is 0 Å². The lowest BCUT2D eigenvalue weighted by Gasteiger charge is -2.00. The number of aryl methyl sites for hydroxylation is 1. The molecule has 15 heavy (non-hydrogen) atoms. The highest BCUT2D eigenvalue weighted by Gasteiger charge is 1.97. The van der Waals surface area contributed by atoms with E-state index >= 15 is 0 Å². The van der Waals surface area contributed by atoms with E-state index in [2.05, 4.69) is 27.4 Å². The van der Waals surface area contributed by atoms with Gasteiger partial charge >= 0.3 is 5.69 Å². The Morgan fingerprint density at radius 3 is 3.20 bits per heavy atom. The van der Waals surface area contributed by atoms with Crippen LogP contribution in [0.3, 0.4) is 0 Å². The van der Waals surface area contributed by atoms with Crippen LogP contribution in [0, 0.1) is 6.92 Å². The fourth-order valence-electron chi connectivity index (χ4n) is 1.04. The molecule has 0 radical (unpaired) electrons. The van der Waals surface area contributed by atoms with Crippen molar-refractivity contribution in [1.82, 2.24) is 9.97 Å². The number of nitrogens with zero attached hydrogens (tertiary/aromatic N) is 2. The second-order valence-electron chi connectivity index (χ2n) is 3.30. The van der Waals surface area contributed by atoms with Crippen molar-refractivity contribution in [2.75, 3.05) is 5.43 Å². The summed E-state index contributed by atoms with van der Waals surface area (Å²) >= 11 is 0. The van der Waals surface area contributed by atoms with Gasteiger partial charge in [-0.05, 0) is 19.8 Å². The van der Waals surface area contributed by atoms with Crippen LogP contribution < -0.4 is 11.1 Å². The minimum atomic E-state index is -0.369. The van der Waals surface area contributed by atoms with Gasteiger partial charge in [0.05, 0.1) is 0 Å². The Balaban J connectivity index is 2.53. The van der Waals surface area contributed by atoms with E-state index in [-0.39, 0.29) is 5.69 Å². The van der Waals surface area contributed by atoms with Gasteiger partial charge in [0.25, 0.3) is 0 Å². The van der Waals surface area contributed by atoms with Gasteiger partial charge in [0.2, 0.25) is 0 Å². The Bertz CT molecular complexity index is 383. The number of hydrogen-bond acceptors (Lipinski definition) is 4. The van der Waals surface area contributed by atoms with Crippen LogP contribution in [-0.4, -0.2) is 16.2 Å². The van der Waals surface area contributed by atoms with Gasteiger partial charge in [-0.1, -0.05) is 13.3 Å². The predicted molar refractivity (Wildman–Crippen MR) is 61.2 cm³/mol. The largest absolute Gasteiger partial charge is 0.346 e. The number of rotatable bonds is 5. The Labute approximate surface area is 88.6 Å². The fraction of sp³-hybridized carbons (Fsp3) is 0.500. The lowest BCUT2D eigenvalue weighted by molar-refractivity contribution is 0.841. The summed E-state index contributed by atoms with van der Waals surface area (Å²) in [6, 6.07) is 0. The Hall–Kier alpha value is -1.65.